The molecular weight excluding hydrogens is 268 g/mol. The van der Waals surface area contributed by atoms with Crippen LogP contribution in [0.15, 0.2) is 44.5 Å². The first-order valence-electron chi connectivity index (χ1n) is 5.33. The Morgan fingerprint density at radius 2 is 1.79 bits per heavy atom. The van der Waals surface area contributed by atoms with Crippen molar-refractivity contribution in [2.24, 2.45) is 0 Å². The lowest BCUT2D eigenvalue weighted by Crippen LogP contribution is -1.97. The number of carbonyl (C=O) groups is 2. The lowest BCUT2D eigenvalue weighted by atomic mass is 10.2. The predicted molar refractivity (Wildman–Crippen MR) is 67.9 cm³/mol. The third kappa shape index (κ3) is 2.79. The van der Waals surface area contributed by atoms with Crippen LogP contribution in [0.4, 0.5) is 0 Å². The summed E-state index contributed by atoms with van der Waals surface area (Å²) in [5.74, 6) is -1.89. The first-order valence-corrected chi connectivity index (χ1v) is 6.14. The highest BCUT2D eigenvalue weighted by Crippen LogP contribution is 2.34. The molecule has 0 aliphatic carbocycles. The molecule has 0 unspecified atom stereocenters. The maximum Gasteiger partial charge on any atom is 0.371 e. The lowest BCUT2D eigenvalue weighted by molar-refractivity contribution is 0.0658. The SMILES string of the molecule is Cc1oc(C(=O)O)cc1Sc1ccccc1C(=O)O. The van der Waals surface area contributed by atoms with Crippen LogP contribution in [0.5, 0.6) is 0 Å². The van der Waals surface area contributed by atoms with E-state index in [1.54, 1.807) is 25.1 Å². The highest BCUT2D eigenvalue weighted by Gasteiger charge is 2.16. The van der Waals surface area contributed by atoms with Gasteiger partial charge < -0.3 is 14.6 Å². The molecule has 0 saturated carbocycles. The molecule has 1 aromatic carbocycles. The number of aromatic carboxylic acids is 2. The molecule has 0 fully saturated rings. The summed E-state index contributed by atoms with van der Waals surface area (Å²) >= 11 is 1.17. The fourth-order valence-corrected chi connectivity index (χ4v) is 2.52. The zero-order valence-corrected chi connectivity index (χ0v) is 10.7. The van der Waals surface area contributed by atoms with Crippen molar-refractivity contribution in [3.05, 3.63) is 47.4 Å². The van der Waals surface area contributed by atoms with E-state index in [9.17, 15) is 9.59 Å². The topological polar surface area (TPSA) is 87.7 Å². The van der Waals surface area contributed by atoms with Crippen LogP contribution in [0.25, 0.3) is 0 Å². The Kier molecular flexibility index (Phi) is 3.62. The molecule has 2 N–H and O–H groups in total. The monoisotopic (exact) mass is 278 g/mol. The van der Waals surface area contributed by atoms with E-state index in [0.29, 0.717) is 15.6 Å². The molecule has 0 radical (unpaired) electrons. The molecule has 0 aliphatic rings. The molecule has 2 aromatic rings. The Morgan fingerprint density at radius 1 is 1.11 bits per heavy atom. The molecule has 0 amide bonds. The van der Waals surface area contributed by atoms with Gasteiger partial charge >= 0.3 is 11.9 Å². The minimum atomic E-state index is -1.15. The van der Waals surface area contributed by atoms with Crippen molar-refractivity contribution < 1.29 is 24.2 Å². The van der Waals surface area contributed by atoms with Gasteiger partial charge in [-0.3, -0.25) is 0 Å². The minimum absolute atomic E-state index is 0.159. The number of carboxylic acid groups (broad SMARTS) is 2. The zero-order chi connectivity index (χ0) is 14.0. The molecular formula is C13H10O5S. The summed E-state index contributed by atoms with van der Waals surface area (Å²) in [6.45, 7) is 1.64. The Morgan fingerprint density at radius 3 is 2.37 bits per heavy atom. The molecule has 1 heterocycles. The quantitative estimate of drug-likeness (QED) is 0.893. The van der Waals surface area contributed by atoms with Crippen molar-refractivity contribution >= 4 is 23.7 Å². The highest BCUT2D eigenvalue weighted by atomic mass is 32.2. The summed E-state index contributed by atoms with van der Waals surface area (Å²) < 4.78 is 5.08. The third-order valence-corrected chi connectivity index (χ3v) is 3.62. The van der Waals surface area contributed by atoms with Gasteiger partial charge in [-0.2, -0.15) is 0 Å². The average Bonchev–Trinajstić information content (AvgIpc) is 2.72. The first kappa shape index (κ1) is 13.2. The Labute approximate surface area is 112 Å². The molecule has 98 valence electrons. The van der Waals surface area contributed by atoms with E-state index in [1.165, 1.54) is 23.9 Å². The van der Waals surface area contributed by atoms with Gasteiger partial charge in [0.1, 0.15) is 5.76 Å². The van der Waals surface area contributed by atoms with E-state index in [4.69, 9.17) is 14.6 Å². The maximum absolute atomic E-state index is 11.1. The molecule has 0 saturated heterocycles. The van der Waals surface area contributed by atoms with Gasteiger partial charge in [-0.15, -0.1) is 0 Å². The van der Waals surface area contributed by atoms with E-state index in [-0.39, 0.29) is 11.3 Å². The summed E-state index contributed by atoms with van der Waals surface area (Å²) in [6, 6.07) is 7.92. The number of hydrogen-bond donors (Lipinski definition) is 2. The number of carboxylic acids is 2. The van der Waals surface area contributed by atoms with Gasteiger partial charge in [0.2, 0.25) is 5.76 Å². The smallest absolute Gasteiger partial charge is 0.371 e. The first-order chi connectivity index (χ1) is 8.99. The van der Waals surface area contributed by atoms with Crippen LogP contribution in [0.1, 0.15) is 26.7 Å². The maximum atomic E-state index is 11.1. The number of furan rings is 1. The number of aryl methyl sites for hydroxylation is 1. The van der Waals surface area contributed by atoms with Crippen molar-refractivity contribution in [2.45, 2.75) is 16.7 Å². The van der Waals surface area contributed by atoms with Gasteiger partial charge in [0.15, 0.2) is 0 Å². The standard InChI is InChI=1S/C13H10O5S/c1-7-11(6-9(18-7)13(16)17)19-10-5-3-2-4-8(10)12(14)15/h2-6H,1H3,(H,14,15)(H,16,17). The van der Waals surface area contributed by atoms with Crippen molar-refractivity contribution in [2.75, 3.05) is 0 Å². The second-order valence-corrected chi connectivity index (χ2v) is 4.82. The molecule has 0 bridgehead atoms. The normalized spacial score (nSPS) is 10.4. The highest BCUT2D eigenvalue weighted by molar-refractivity contribution is 7.99. The van der Waals surface area contributed by atoms with Crippen LogP contribution in [0, 0.1) is 6.92 Å². The molecule has 2 rings (SSSR count). The molecule has 0 atom stereocenters. The van der Waals surface area contributed by atoms with Crippen molar-refractivity contribution in [3.63, 3.8) is 0 Å². The summed E-state index contributed by atoms with van der Waals surface area (Å²) in [5.41, 5.74) is 0.171. The zero-order valence-electron chi connectivity index (χ0n) is 9.91. The molecule has 1 aromatic heterocycles. The van der Waals surface area contributed by atoms with Crippen LogP contribution in [-0.2, 0) is 0 Å². The van der Waals surface area contributed by atoms with E-state index in [1.807, 2.05) is 0 Å². The van der Waals surface area contributed by atoms with Gasteiger partial charge in [0.05, 0.1) is 10.5 Å². The van der Waals surface area contributed by atoms with Gasteiger partial charge in [-0.05, 0) is 19.1 Å². The largest absolute Gasteiger partial charge is 0.478 e. The van der Waals surface area contributed by atoms with E-state index in [0.717, 1.165) is 0 Å². The summed E-state index contributed by atoms with van der Waals surface area (Å²) in [6.07, 6.45) is 0. The number of hydrogen-bond acceptors (Lipinski definition) is 4. The van der Waals surface area contributed by atoms with Gasteiger partial charge in [0, 0.05) is 11.0 Å². The Hall–Kier alpha value is -2.21. The minimum Gasteiger partial charge on any atom is -0.478 e. The van der Waals surface area contributed by atoms with Crippen LogP contribution < -0.4 is 0 Å². The van der Waals surface area contributed by atoms with E-state index in [2.05, 4.69) is 0 Å². The van der Waals surface area contributed by atoms with E-state index >= 15 is 0 Å². The van der Waals surface area contributed by atoms with Crippen LogP contribution in [0.3, 0.4) is 0 Å². The number of benzene rings is 1. The van der Waals surface area contributed by atoms with Gasteiger partial charge in [0.25, 0.3) is 0 Å². The number of rotatable bonds is 4. The van der Waals surface area contributed by atoms with Crippen LogP contribution in [0.2, 0.25) is 0 Å². The Bertz CT molecular complexity index is 644. The summed E-state index contributed by atoms with van der Waals surface area (Å²) in [5, 5.41) is 17.9. The fraction of sp³-hybridized carbons (Fsp3) is 0.0769. The lowest BCUT2D eigenvalue weighted by Gasteiger charge is -2.03. The molecule has 6 heteroatoms. The fourth-order valence-electron chi connectivity index (χ4n) is 1.52. The third-order valence-electron chi connectivity index (χ3n) is 2.42. The second-order valence-electron chi connectivity index (χ2n) is 3.74. The predicted octanol–water partition coefficient (Wildman–Crippen LogP) is 3.14. The summed E-state index contributed by atoms with van der Waals surface area (Å²) in [4.78, 5) is 23.0. The molecule has 0 aliphatic heterocycles. The van der Waals surface area contributed by atoms with Gasteiger partial charge in [-0.1, -0.05) is 23.9 Å². The molecule has 0 spiro atoms. The average molecular weight is 278 g/mol. The van der Waals surface area contributed by atoms with Crippen molar-refractivity contribution in [1.82, 2.24) is 0 Å². The summed E-state index contributed by atoms with van der Waals surface area (Å²) in [7, 11) is 0. The van der Waals surface area contributed by atoms with Crippen molar-refractivity contribution in [1.29, 1.82) is 0 Å². The van der Waals surface area contributed by atoms with Crippen LogP contribution >= 0.6 is 11.8 Å². The molecule has 5 nitrogen and oxygen atoms in total. The Balaban J connectivity index is 2.36. The van der Waals surface area contributed by atoms with Crippen molar-refractivity contribution in [3.8, 4) is 0 Å². The van der Waals surface area contributed by atoms with Gasteiger partial charge in [-0.25, -0.2) is 9.59 Å². The molecule has 19 heavy (non-hydrogen) atoms. The van der Waals surface area contributed by atoms with Crippen LogP contribution in [-0.4, -0.2) is 22.2 Å². The second kappa shape index (κ2) is 5.19. The van der Waals surface area contributed by atoms with E-state index < -0.39 is 11.9 Å².